The molecule has 2 atom stereocenters. The van der Waals surface area contributed by atoms with Gasteiger partial charge in [-0.05, 0) is 55.0 Å². The molecule has 11 heteroatoms. The minimum atomic E-state index is -0.931. The highest BCUT2D eigenvalue weighted by atomic mass is 32.1. The van der Waals surface area contributed by atoms with Gasteiger partial charge in [0.1, 0.15) is 21.2 Å². The molecule has 1 saturated heterocycles. The molecule has 6 rings (SSSR count). The summed E-state index contributed by atoms with van der Waals surface area (Å²) in [5.74, 6) is 0.651. The van der Waals surface area contributed by atoms with Gasteiger partial charge in [0, 0.05) is 19.3 Å². The van der Waals surface area contributed by atoms with Gasteiger partial charge in [0.05, 0.1) is 34.6 Å². The summed E-state index contributed by atoms with van der Waals surface area (Å²) in [5, 5.41) is 17.0. The number of aliphatic hydroxyl groups is 1. The highest BCUT2D eigenvalue weighted by Gasteiger charge is 2.35. The molecule has 2 unspecified atom stereocenters. The highest BCUT2D eigenvalue weighted by molar-refractivity contribution is 7.21. The van der Waals surface area contributed by atoms with E-state index in [1.54, 1.807) is 36.5 Å². The van der Waals surface area contributed by atoms with E-state index in [1.165, 1.54) is 27.2 Å². The van der Waals surface area contributed by atoms with Crippen LogP contribution in [0.25, 0.3) is 10.2 Å². The van der Waals surface area contributed by atoms with Gasteiger partial charge in [0.2, 0.25) is 5.91 Å². The first kappa shape index (κ1) is 25.5. The average molecular weight is 556 g/mol. The molecule has 2 aromatic heterocycles. The van der Waals surface area contributed by atoms with Crippen molar-refractivity contribution < 1.29 is 24.2 Å². The number of likely N-dealkylation sites (tertiary alicyclic amines) is 1. The van der Waals surface area contributed by atoms with E-state index in [0.29, 0.717) is 56.6 Å². The van der Waals surface area contributed by atoms with Crippen LogP contribution in [0.15, 0.2) is 79.5 Å². The maximum atomic E-state index is 13.4. The van der Waals surface area contributed by atoms with Crippen molar-refractivity contribution in [2.45, 2.75) is 18.6 Å². The third-order valence-electron chi connectivity index (χ3n) is 6.91. The number of piperidine rings is 1. The lowest BCUT2D eigenvalue weighted by Crippen LogP contribution is -2.55. The van der Waals surface area contributed by atoms with Crippen molar-refractivity contribution in [2.24, 2.45) is 0 Å². The summed E-state index contributed by atoms with van der Waals surface area (Å²) in [6.07, 6.45) is 2.27. The number of amides is 4. The number of carbonyl (C=O) groups is 3. The van der Waals surface area contributed by atoms with Crippen molar-refractivity contribution in [3.63, 3.8) is 0 Å². The Bertz CT molecular complexity index is 1620. The molecule has 2 aliphatic heterocycles. The van der Waals surface area contributed by atoms with Crippen LogP contribution in [0.3, 0.4) is 0 Å². The number of nitrogens with zero attached hydrogens (tertiary/aromatic N) is 3. The first-order valence-electron chi connectivity index (χ1n) is 12.7. The van der Waals surface area contributed by atoms with Gasteiger partial charge >= 0.3 is 6.03 Å². The topological polar surface area (TPSA) is 124 Å². The van der Waals surface area contributed by atoms with Gasteiger partial charge in [-0.2, -0.15) is 0 Å². The van der Waals surface area contributed by atoms with Crippen molar-refractivity contribution in [1.82, 2.24) is 15.2 Å². The molecule has 0 saturated carbocycles. The third-order valence-corrected chi connectivity index (χ3v) is 8.01. The molecule has 2 aliphatic rings. The summed E-state index contributed by atoms with van der Waals surface area (Å²) in [5.41, 5.74) is 1.61. The van der Waals surface area contributed by atoms with Crippen LogP contribution in [-0.2, 0) is 4.79 Å². The number of urea groups is 1. The van der Waals surface area contributed by atoms with Crippen molar-refractivity contribution in [2.75, 3.05) is 23.3 Å². The number of nitrogens with one attached hydrogen (secondary N) is 2. The van der Waals surface area contributed by atoms with Crippen LogP contribution < -0.4 is 20.3 Å². The Morgan fingerprint density at radius 3 is 2.60 bits per heavy atom. The van der Waals surface area contributed by atoms with Crippen LogP contribution in [-0.4, -0.2) is 58.1 Å². The number of benzene rings is 2. The van der Waals surface area contributed by atoms with Crippen molar-refractivity contribution in [1.29, 1.82) is 0 Å². The molecule has 202 valence electrons. The molecule has 0 radical (unpaired) electrons. The molecule has 4 aromatic rings. The molecule has 40 heavy (non-hydrogen) atoms. The van der Waals surface area contributed by atoms with E-state index in [0.717, 1.165) is 0 Å². The standard InChI is InChI=1S/C29H25N5O5S/c1-2-23(36)33-15-13-20(22(35)16-33)31-27(37)26-25-24-21(12-14-30-28(24)40-26)34(29(38)32-25)17-8-10-19(11-9-17)39-18-6-4-3-5-7-18/h2-12,14,20,22,35H,1,13,15-16H2,(H,31,37)(H,32,38). The fourth-order valence-electron chi connectivity index (χ4n) is 4.95. The first-order valence-corrected chi connectivity index (χ1v) is 13.5. The molecular weight excluding hydrogens is 530 g/mol. The Hall–Kier alpha value is -4.74. The van der Waals surface area contributed by atoms with E-state index in [4.69, 9.17) is 4.74 Å². The van der Waals surface area contributed by atoms with Crippen LogP contribution in [0, 0.1) is 0 Å². The minimum absolute atomic E-state index is 0.0989. The van der Waals surface area contributed by atoms with Crippen LogP contribution in [0.5, 0.6) is 11.5 Å². The number of pyridine rings is 1. The molecule has 1 fully saturated rings. The SMILES string of the molecule is C=CC(=O)N1CCC(NC(=O)c2sc3nccc4c3c2NC(=O)N4c2ccc(Oc3ccccc3)cc2)C(O)C1. The quantitative estimate of drug-likeness (QED) is 0.298. The fourth-order valence-corrected chi connectivity index (χ4v) is 5.97. The van der Waals surface area contributed by atoms with Crippen LogP contribution in [0.1, 0.15) is 16.1 Å². The van der Waals surface area contributed by atoms with Crippen molar-refractivity contribution >= 4 is 56.5 Å². The molecular formula is C29H25N5O5S. The Morgan fingerprint density at radius 1 is 1.12 bits per heavy atom. The molecule has 0 spiro atoms. The lowest BCUT2D eigenvalue weighted by atomic mass is 10.0. The molecule has 3 N–H and O–H groups in total. The minimum Gasteiger partial charge on any atom is -0.457 e. The summed E-state index contributed by atoms with van der Waals surface area (Å²) >= 11 is 1.17. The number of hydrogen-bond acceptors (Lipinski definition) is 7. The zero-order chi connectivity index (χ0) is 27.8. The molecule has 4 heterocycles. The zero-order valence-corrected chi connectivity index (χ0v) is 22.1. The molecule has 10 nitrogen and oxygen atoms in total. The number of β-amino-alcohol motifs (C(OH)–C–C–N with tert-alkyl or cyclic N) is 1. The fraction of sp³-hybridized carbons (Fsp3) is 0.172. The number of ether oxygens (including phenoxy) is 1. The smallest absolute Gasteiger partial charge is 0.331 e. The molecule has 4 amide bonds. The highest BCUT2D eigenvalue weighted by Crippen LogP contribution is 2.46. The molecule has 0 aliphatic carbocycles. The third kappa shape index (κ3) is 4.65. The van der Waals surface area contributed by atoms with Gasteiger partial charge in [-0.15, -0.1) is 11.3 Å². The van der Waals surface area contributed by atoms with E-state index in [9.17, 15) is 19.5 Å². The van der Waals surface area contributed by atoms with Crippen LogP contribution >= 0.6 is 11.3 Å². The van der Waals surface area contributed by atoms with Gasteiger partial charge in [0.25, 0.3) is 5.91 Å². The van der Waals surface area contributed by atoms with Crippen LogP contribution in [0.2, 0.25) is 0 Å². The van der Waals surface area contributed by atoms with Gasteiger partial charge in [-0.3, -0.25) is 14.5 Å². The largest absolute Gasteiger partial charge is 0.457 e. The van der Waals surface area contributed by atoms with Crippen molar-refractivity contribution in [3.05, 3.63) is 84.4 Å². The van der Waals surface area contributed by atoms with Gasteiger partial charge < -0.3 is 25.4 Å². The number of thiophene rings is 1. The summed E-state index contributed by atoms with van der Waals surface area (Å²) in [6, 6.07) is 17.3. The Morgan fingerprint density at radius 2 is 1.88 bits per heavy atom. The van der Waals surface area contributed by atoms with E-state index in [2.05, 4.69) is 22.2 Å². The van der Waals surface area contributed by atoms with E-state index in [1.807, 2.05) is 30.3 Å². The van der Waals surface area contributed by atoms with E-state index in [-0.39, 0.29) is 12.5 Å². The number of para-hydroxylation sites is 1. The number of rotatable bonds is 6. The number of anilines is 3. The van der Waals surface area contributed by atoms with Crippen LogP contribution in [0.4, 0.5) is 21.9 Å². The summed E-state index contributed by atoms with van der Waals surface area (Å²) in [7, 11) is 0. The molecule has 2 aromatic carbocycles. The zero-order valence-electron chi connectivity index (χ0n) is 21.2. The number of carbonyl (C=O) groups excluding carboxylic acids is 3. The Kier molecular flexibility index (Phi) is 6.66. The van der Waals surface area contributed by atoms with Crippen molar-refractivity contribution in [3.8, 4) is 11.5 Å². The predicted molar refractivity (Wildman–Crippen MR) is 152 cm³/mol. The van der Waals surface area contributed by atoms with E-state index >= 15 is 0 Å². The Balaban J connectivity index is 1.25. The van der Waals surface area contributed by atoms with Gasteiger partial charge in [0.15, 0.2) is 0 Å². The summed E-state index contributed by atoms with van der Waals surface area (Å²) < 4.78 is 5.87. The second-order valence-electron chi connectivity index (χ2n) is 9.42. The number of aliphatic hydroxyl groups excluding tert-OH is 1. The maximum absolute atomic E-state index is 13.4. The van der Waals surface area contributed by atoms with E-state index < -0.39 is 24.1 Å². The first-order chi connectivity index (χ1) is 19.4. The molecule has 0 bridgehead atoms. The summed E-state index contributed by atoms with van der Waals surface area (Å²) in [6.45, 7) is 3.97. The maximum Gasteiger partial charge on any atom is 0.331 e. The predicted octanol–water partition coefficient (Wildman–Crippen LogP) is 4.65. The van der Waals surface area contributed by atoms with Gasteiger partial charge in [-0.1, -0.05) is 24.8 Å². The Labute approximate surface area is 233 Å². The summed E-state index contributed by atoms with van der Waals surface area (Å²) in [4.78, 5) is 47.0. The average Bonchev–Trinajstić information content (AvgIpc) is 3.34. The second kappa shape index (κ2) is 10.4. The second-order valence-corrected chi connectivity index (χ2v) is 10.4. The normalized spacial score (nSPS) is 18.3. The number of hydrogen-bond donors (Lipinski definition) is 3. The lowest BCUT2D eigenvalue weighted by molar-refractivity contribution is -0.129. The van der Waals surface area contributed by atoms with Gasteiger partial charge in [-0.25, -0.2) is 9.78 Å². The number of aromatic nitrogens is 1. The lowest BCUT2D eigenvalue weighted by Gasteiger charge is -2.35. The monoisotopic (exact) mass is 555 g/mol.